The van der Waals surface area contributed by atoms with Gasteiger partial charge < -0.3 is 11.1 Å². The third-order valence-electron chi connectivity index (χ3n) is 2.53. The van der Waals surface area contributed by atoms with Gasteiger partial charge in [-0.2, -0.15) is 0 Å². The van der Waals surface area contributed by atoms with Crippen LogP contribution in [0.4, 0.5) is 5.13 Å². The molecule has 3 nitrogen and oxygen atoms in total. The summed E-state index contributed by atoms with van der Waals surface area (Å²) in [6.07, 6.45) is 3.38. The van der Waals surface area contributed by atoms with Gasteiger partial charge in [0.1, 0.15) is 0 Å². The molecule has 0 aromatic carbocycles. The van der Waals surface area contributed by atoms with Crippen molar-refractivity contribution in [1.29, 1.82) is 0 Å². The van der Waals surface area contributed by atoms with Crippen molar-refractivity contribution < 1.29 is 0 Å². The third kappa shape index (κ3) is 1.84. The molecule has 1 aliphatic rings. The van der Waals surface area contributed by atoms with E-state index >= 15 is 0 Å². The number of nitrogens with one attached hydrogen (secondary N) is 1. The van der Waals surface area contributed by atoms with E-state index in [1.54, 1.807) is 11.3 Å². The van der Waals surface area contributed by atoms with Gasteiger partial charge >= 0.3 is 0 Å². The standard InChI is InChI=1S/C9H15N3S/c1-2-7-5-13-8(11-7)12-9(6-10)3-4-9/h5H,2-4,6,10H2,1H3,(H,11,12). The van der Waals surface area contributed by atoms with Gasteiger partial charge in [-0.25, -0.2) is 4.98 Å². The van der Waals surface area contributed by atoms with Crippen molar-refractivity contribution in [2.24, 2.45) is 5.73 Å². The van der Waals surface area contributed by atoms with E-state index in [9.17, 15) is 0 Å². The lowest BCUT2D eigenvalue weighted by Gasteiger charge is -2.12. The number of nitrogens with two attached hydrogens (primary N) is 1. The molecule has 1 heterocycles. The monoisotopic (exact) mass is 197 g/mol. The van der Waals surface area contributed by atoms with Crippen LogP contribution in [0.5, 0.6) is 0 Å². The third-order valence-corrected chi connectivity index (χ3v) is 3.34. The average Bonchev–Trinajstić information content (AvgIpc) is 2.77. The molecule has 0 atom stereocenters. The predicted molar refractivity (Wildman–Crippen MR) is 56.1 cm³/mol. The summed E-state index contributed by atoms with van der Waals surface area (Å²) >= 11 is 1.68. The largest absolute Gasteiger partial charge is 0.355 e. The summed E-state index contributed by atoms with van der Waals surface area (Å²) in [6, 6.07) is 0. The first-order valence-corrected chi connectivity index (χ1v) is 5.58. The van der Waals surface area contributed by atoms with Gasteiger partial charge in [-0.3, -0.25) is 0 Å². The number of rotatable bonds is 4. The Hall–Kier alpha value is -0.610. The van der Waals surface area contributed by atoms with Crippen molar-refractivity contribution in [1.82, 2.24) is 4.98 Å². The van der Waals surface area contributed by atoms with Gasteiger partial charge in [-0.05, 0) is 19.3 Å². The summed E-state index contributed by atoms with van der Waals surface area (Å²) in [6.45, 7) is 2.84. The zero-order chi connectivity index (χ0) is 9.31. The van der Waals surface area contributed by atoms with Crippen molar-refractivity contribution in [2.45, 2.75) is 31.7 Å². The van der Waals surface area contributed by atoms with Gasteiger partial charge in [0, 0.05) is 11.9 Å². The highest BCUT2D eigenvalue weighted by Crippen LogP contribution is 2.38. The lowest BCUT2D eigenvalue weighted by atomic mass is 10.3. The van der Waals surface area contributed by atoms with Crippen molar-refractivity contribution in [3.63, 3.8) is 0 Å². The lowest BCUT2D eigenvalue weighted by Crippen LogP contribution is -2.30. The summed E-state index contributed by atoms with van der Waals surface area (Å²) in [7, 11) is 0. The van der Waals surface area contributed by atoms with Crippen LogP contribution in [-0.4, -0.2) is 17.1 Å². The molecule has 1 fully saturated rings. The fraction of sp³-hybridized carbons (Fsp3) is 0.667. The molecule has 4 heteroatoms. The molecule has 1 aromatic heterocycles. The van der Waals surface area contributed by atoms with Crippen LogP contribution in [-0.2, 0) is 6.42 Å². The molecule has 1 saturated carbocycles. The summed E-state index contributed by atoms with van der Waals surface area (Å²) in [5, 5.41) is 6.55. The highest BCUT2D eigenvalue weighted by Gasteiger charge is 2.41. The molecule has 0 radical (unpaired) electrons. The predicted octanol–water partition coefficient (Wildman–Crippen LogP) is 1.61. The summed E-state index contributed by atoms with van der Waals surface area (Å²) < 4.78 is 0. The van der Waals surface area contributed by atoms with Crippen molar-refractivity contribution in [3.8, 4) is 0 Å². The molecule has 2 rings (SSSR count). The first kappa shape index (κ1) is 8.97. The van der Waals surface area contributed by atoms with Crippen molar-refractivity contribution in [2.75, 3.05) is 11.9 Å². The summed E-state index contributed by atoms with van der Waals surface area (Å²) in [4.78, 5) is 4.45. The minimum absolute atomic E-state index is 0.183. The minimum atomic E-state index is 0.183. The first-order chi connectivity index (χ1) is 6.28. The zero-order valence-corrected chi connectivity index (χ0v) is 8.66. The highest BCUT2D eigenvalue weighted by atomic mass is 32.1. The number of hydrogen-bond donors (Lipinski definition) is 2. The second kappa shape index (κ2) is 3.27. The molecule has 1 aromatic rings. The second-order valence-corrected chi connectivity index (χ2v) is 4.47. The Morgan fingerprint density at radius 2 is 2.46 bits per heavy atom. The van der Waals surface area contributed by atoms with Crippen LogP contribution in [0.25, 0.3) is 0 Å². The molecule has 0 aliphatic heterocycles. The molecule has 0 unspecified atom stereocenters. The van der Waals surface area contributed by atoms with E-state index in [0.717, 1.165) is 11.6 Å². The van der Waals surface area contributed by atoms with Crippen molar-refractivity contribution in [3.05, 3.63) is 11.1 Å². The number of thiazole rings is 1. The first-order valence-electron chi connectivity index (χ1n) is 4.71. The number of nitrogens with zero attached hydrogens (tertiary/aromatic N) is 1. The average molecular weight is 197 g/mol. The molecule has 0 amide bonds. The van der Waals surface area contributed by atoms with Gasteiger partial charge in [-0.15, -0.1) is 11.3 Å². The highest BCUT2D eigenvalue weighted by molar-refractivity contribution is 7.13. The van der Waals surface area contributed by atoms with Gasteiger partial charge in [-0.1, -0.05) is 6.92 Å². The number of hydrogen-bond acceptors (Lipinski definition) is 4. The maximum Gasteiger partial charge on any atom is 0.183 e. The Morgan fingerprint density at radius 3 is 2.92 bits per heavy atom. The van der Waals surface area contributed by atoms with E-state index in [-0.39, 0.29) is 5.54 Å². The van der Waals surface area contributed by atoms with Crippen LogP contribution in [0.1, 0.15) is 25.5 Å². The van der Waals surface area contributed by atoms with E-state index in [0.29, 0.717) is 6.54 Å². The molecule has 0 saturated heterocycles. The fourth-order valence-corrected chi connectivity index (χ4v) is 2.20. The fourth-order valence-electron chi connectivity index (χ4n) is 1.28. The Labute approximate surface area is 82.4 Å². The van der Waals surface area contributed by atoms with E-state index < -0.39 is 0 Å². The van der Waals surface area contributed by atoms with Gasteiger partial charge in [0.25, 0.3) is 0 Å². The Bertz CT molecular complexity index is 291. The van der Waals surface area contributed by atoms with Crippen molar-refractivity contribution >= 4 is 16.5 Å². The lowest BCUT2D eigenvalue weighted by molar-refractivity contribution is 0.740. The zero-order valence-electron chi connectivity index (χ0n) is 7.84. The van der Waals surface area contributed by atoms with E-state index in [4.69, 9.17) is 5.73 Å². The minimum Gasteiger partial charge on any atom is -0.355 e. The Balaban J connectivity index is 2.01. The van der Waals surface area contributed by atoms with Crippen LogP contribution >= 0.6 is 11.3 Å². The molecule has 72 valence electrons. The molecular weight excluding hydrogens is 182 g/mol. The number of aromatic nitrogens is 1. The van der Waals surface area contributed by atoms with E-state index in [1.165, 1.54) is 18.5 Å². The summed E-state index contributed by atoms with van der Waals surface area (Å²) in [5.41, 5.74) is 7.02. The topological polar surface area (TPSA) is 50.9 Å². The molecule has 1 aliphatic carbocycles. The van der Waals surface area contributed by atoms with Crippen LogP contribution in [0.15, 0.2) is 5.38 Å². The second-order valence-electron chi connectivity index (χ2n) is 3.61. The van der Waals surface area contributed by atoms with E-state index in [1.807, 2.05) is 0 Å². The smallest absolute Gasteiger partial charge is 0.183 e. The van der Waals surface area contributed by atoms with Gasteiger partial charge in [0.05, 0.1) is 11.2 Å². The van der Waals surface area contributed by atoms with E-state index in [2.05, 4.69) is 22.6 Å². The molecule has 13 heavy (non-hydrogen) atoms. The van der Waals surface area contributed by atoms with Crippen LogP contribution in [0, 0.1) is 0 Å². The van der Waals surface area contributed by atoms with Crippen LogP contribution < -0.4 is 11.1 Å². The maximum absolute atomic E-state index is 5.67. The summed E-state index contributed by atoms with van der Waals surface area (Å²) in [5.74, 6) is 0. The molecule has 3 N–H and O–H groups in total. The van der Waals surface area contributed by atoms with Crippen LogP contribution in [0.2, 0.25) is 0 Å². The van der Waals surface area contributed by atoms with Gasteiger partial charge in [0.2, 0.25) is 0 Å². The molecule has 0 bridgehead atoms. The SMILES string of the molecule is CCc1csc(NC2(CN)CC2)n1. The quantitative estimate of drug-likeness (QED) is 0.771. The number of anilines is 1. The maximum atomic E-state index is 5.67. The Kier molecular flexibility index (Phi) is 2.26. The van der Waals surface area contributed by atoms with Gasteiger partial charge in [0.15, 0.2) is 5.13 Å². The molecular formula is C9H15N3S. The Morgan fingerprint density at radius 1 is 1.69 bits per heavy atom. The van der Waals surface area contributed by atoms with Crippen LogP contribution in [0.3, 0.4) is 0 Å². The molecule has 0 spiro atoms. The normalized spacial score (nSPS) is 18.6. The number of aryl methyl sites for hydroxylation is 1.